The van der Waals surface area contributed by atoms with Crippen LogP contribution in [0.4, 0.5) is 5.69 Å². The van der Waals surface area contributed by atoms with Crippen molar-refractivity contribution >= 4 is 32.4 Å². The number of carboxylic acids is 1. The first-order valence-electron chi connectivity index (χ1n) is 9.00. The van der Waals surface area contributed by atoms with E-state index in [-0.39, 0.29) is 18.0 Å². The predicted molar refractivity (Wildman–Crippen MR) is 106 cm³/mol. The lowest BCUT2D eigenvalue weighted by Gasteiger charge is -2.07. The maximum Gasteiger partial charge on any atom is 0.323 e. The van der Waals surface area contributed by atoms with Crippen LogP contribution in [0.1, 0.15) is 22.4 Å². The molecule has 0 aliphatic carbocycles. The van der Waals surface area contributed by atoms with Crippen LogP contribution in [-0.4, -0.2) is 34.7 Å². The fourth-order valence-corrected chi connectivity index (χ4v) is 5.56. The minimum absolute atomic E-state index is 0.0636. The Labute approximate surface area is 166 Å². The van der Waals surface area contributed by atoms with Crippen molar-refractivity contribution < 1.29 is 23.2 Å². The number of aromatic nitrogens is 1. The van der Waals surface area contributed by atoms with Crippen LogP contribution in [0.3, 0.4) is 0 Å². The van der Waals surface area contributed by atoms with E-state index in [4.69, 9.17) is 0 Å². The van der Waals surface area contributed by atoms with Gasteiger partial charge in [0.15, 0.2) is 9.84 Å². The topological polar surface area (TPSA) is 120 Å². The molecule has 0 saturated heterocycles. The first-order valence-corrected chi connectivity index (χ1v) is 10.6. The molecule has 0 spiro atoms. The lowest BCUT2D eigenvalue weighted by atomic mass is 9.99. The third kappa shape index (κ3) is 3.27. The molecule has 0 unspecified atom stereocenters. The SMILES string of the molecule is Cc1c(Cc2ccc3c(c2)CCS3(=O)=O)c2cc([N+](=O)[O-])ccc2n1CC(=O)O. The Hall–Kier alpha value is -3.20. The van der Waals surface area contributed by atoms with Gasteiger partial charge in [-0.3, -0.25) is 14.9 Å². The Kier molecular flexibility index (Phi) is 4.42. The van der Waals surface area contributed by atoms with Crippen molar-refractivity contribution in [1.29, 1.82) is 0 Å². The van der Waals surface area contributed by atoms with E-state index >= 15 is 0 Å². The molecule has 0 atom stereocenters. The van der Waals surface area contributed by atoms with Crippen LogP contribution in [0.5, 0.6) is 0 Å². The highest BCUT2D eigenvalue weighted by atomic mass is 32.2. The van der Waals surface area contributed by atoms with E-state index in [1.165, 1.54) is 12.1 Å². The molecule has 1 aliphatic rings. The van der Waals surface area contributed by atoms with E-state index in [9.17, 15) is 28.4 Å². The van der Waals surface area contributed by atoms with Crippen molar-refractivity contribution in [1.82, 2.24) is 4.57 Å². The summed E-state index contributed by atoms with van der Waals surface area (Å²) in [5, 5.41) is 21.1. The quantitative estimate of drug-likeness (QED) is 0.506. The largest absolute Gasteiger partial charge is 0.480 e. The minimum atomic E-state index is -3.21. The molecule has 9 heteroatoms. The maximum absolute atomic E-state index is 12.0. The molecule has 0 bridgehead atoms. The number of benzene rings is 2. The average molecular weight is 414 g/mol. The summed E-state index contributed by atoms with van der Waals surface area (Å²) in [7, 11) is -3.21. The zero-order chi connectivity index (χ0) is 20.9. The smallest absolute Gasteiger partial charge is 0.323 e. The highest BCUT2D eigenvalue weighted by molar-refractivity contribution is 7.91. The second kappa shape index (κ2) is 6.70. The monoisotopic (exact) mass is 414 g/mol. The van der Waals surface area contributed by atoms with E-state index in [2.05, 4.69) is 0 Å². The Balaban J connectivity index is 1.84. The molecule has 0 saturated carbocycles. The third-order valence-corrected chi connectivity index (χ3v) is 7.23. The molecule has 1 aliphatic heterocycles. The van der Waals surface area contributed by atoms with Gasteiger partial charge in [-0.1, -0.05) is 12.1 Å². The number of hydrogen-bond acceptors (Lipinski definition) is 5. The van der Waals surface area contributed by atoms with Gasteiger partial charge in [-0.15, -0.1) is 0 Å². The predicted octanol–water partition coefficient (Wildman–Crippen LogP) is 2.86. The highest BCUT2D eigenvalue weighted by Gasteiger charge is 2.26. The molecule has 0 radical (unpaired) electrons. The van der Waals surface area contributed by atoms with Crippen molar-refractivity contribution in [2.45, 2.75) is 31.2 Å². The standard InChI is InChI=1S/C20H18N2O6S/c1-12-16(9-13-2-5-19-14(8-13)6-7-29(19,27)28)17-10-15(22(25)26)3-4-18(17)21(12)11-20(23)24/h2-5,8,10H,6-7,9,11H2,1H3,(H,23,24). The van der Waals surface area contributed by atoms with Crippen molar-refractivity contribution in [3.05, 3.63) is 68.9 Å². The number of nitro groups is 1. The van der Waals surface area contributed by atoms with Gasteiger partial charge in [-0.05, 0) is 48.6 Å². The van der Waals surface area contributed by atoms with E-state index in [1.807, 2.05) is 6.07 Å². The van der Waals surface area contributed by atoms with Gasteiger partial charge in [0.2, 0.25) is 0 Å². The molecular weight excluding hydrogens is 396 g/mol. The lowest BCUT2D eigenvalue weighted by Crippen LogP contribution is -2.10. The number of carbonyl (C=O) groups is 1. The number of aryl methyl sites for hydroxylation is 1. The van der Waals surface area contributed by atoms with E-state index in [1.54, 1.807) is 29.7 Å². The summed E-state index contributed by atoms with van der Waals surface area (Å²) in [4.78, 5) is 22.4. The first kappa shape index (κ1) is 19.1. The van der Waals surface area contributed by atoms with Crippen molar-refractivity contribution in [3.63, 3.8) is 0 Å². The maximum atomic E-state index is 12.0. The number of sulfone groups is 1. The Bertz CT molecular complexity index is 1290. The normalized spacial score (nSPS) is 14.8. The Morgan fingerprint density at radius 3 is 2.69 bits per heavy atom. The third-order valence-electron chi connectivity index (χ3n) is 5.42. The summed E-state index contributed by atoms with van der Waals surface area (Å²) in [5.74, 6) is -0.896. The number of nitro benzene ring substituents is 1. The molecule has 8 nitrogen and oxygen atoms in total. The minimum Gasteiger partial charge on any atom is -0.480 e. The van der Waals surface area contributed by atoms with Gasteiger partial charge in [0.1, 0.15) is 6.54 Å². The van der Waals surface area contributed by atoms with Crippen molar-refractivity contribution in [3.8, 4) is 0 Å². The Morgan fingerprint density at radius 1 is 1.24 bits per heavy atom. The van der Waals surface area contributed by atoms with Crippen LogP contribution < -0.4 is 0 Å². The summed E-state index contributed by atoms with van der Waals surface area (Å²) >= 11 is 0. The van der Waals surface area contributed by atoms with Crippen molar-refractivity contribution in [2.75, 3.05) is 5.75 Å². The first-order chi connectivity index (χ1) is 13.7. The van der Waals surface area contributed by atoms with Crippen LogP contribution in [0.2, 0.25) is 0 Å². The van der Waals surface area contributed by atoms with E-state index in [0.29, 0.717) is 28.6 Å². The summed E-state index contributed by atoms with van der Waals surface area (Å²) < 4.78 is 25.7. The summed E-state index contributed by atoms with van der Waals surface area (Å²) in [6, 6.07) is 9.62. The van der Waals surface area contributed by atoms with Gasteiger partial charge in [-0.2, -0.15) is 0 Å². The van der Waals surface area contributed by atoms with Gasteiger partial charge in [0.05, 0.1) is 15.6 Å². The molecule has 2 aromatic carbocycles. The molecule has 2 heterocycles. The molecule has 1 aromatic heterocycles. The number of non-ortho nitro benzene ring substituents is 1. The molecule has 1 N–H and O–H groups in total. The molecule has 4 rings (SSSR count). The summed E-state index contributed by atoms with van der Waals surface area (Å²) in [6.45, 7) is 1.55. The van der Waals surface area contributed by atoms with Crippen LogP contribution in [0, 0.1) is 17.0 Å². The molecule has 29 heavy (non-hydrogen) atoms. The van der Waals surface area contributed by atoms with Crippen LogP contribution in [0.25, 0.3) is 10.9 Å². The second-order valence-electron chi connectivity index (χ2n) is 7.19. The summed E-state index contributed by atoms with van der Waals surface area (Å²) in [6.07, 6.45) is 0.889. The zero-order valence-electron chi connectivity index (χ0n) is 15.6. The molecule has 150 valence electrons. The molecule has 0 amide bonds. The number of hydrogen-bond donors (Lipinski definition) is 1. The lowest BCUT2D eigenvalue weighted by molar-refractivity contribution is -0.384. The fraction of sp³-hybridized carbons (Fsp3) is 0.250. The van der Waals surface area contributed by atoms with Gasteiger partial charge in [0, 0.05) is 28.7 Å². The fourth-order valence-electron chi connectivity index (χ4n) is 4.02. The summed E-state index contributed by atoms with van der Waals surface area (Å²) in [5.41, 5.74) is 3.73. The number of nitrogens with zero attached hydrogens (tertiary/aromatic N) is 2. The highest BCUT2D eigenvalue weighted by Crippen LogP contribution is 2.33. The van der Waals surface area contributed by atoms with Gasteiger partial charge in [-0.25, -0.2) is 8.42 Å². The zero-order valence-corrected chi connectivity index (χ0v) is 16.4. The van der Waals surface area contributed by atoms with Crippen LogP contribution >= 0.6 is 0 Å². The van der Waals surface area contributed by atoms with E-state index < -0.39 is 20.7 Å². The Morgan fingerprint density at radius 2 is 2.00 bits per heavy atom. The second-order valence-corrected chi connectivity index (χ2v) is 9.27. The van der Waals surface area contributed by atoms with Gasteiger partial charge < -0.3 is 9.67 Å². The van der Waals surface area contributed by atoms with Gasteiger partial charge in [0.25, 0.3) is 5.69 Å². The molecule has 3 aromatic rings. The number of aliphatic carboxylic acids is 1. The van der Waals surface area contributed by atoms with Crippen LogP contribution in [0.15, 0.2) is 41.3 Å². The number of carboxylic acid groups (broad SMARTS) is 1. The van der Waals surface area contributed by atoms with Crippen molar-refractivity contribution in [2.24, 2.45) is 0 Å². The average Bonchev–Trinajstić information content (AvgIpc) is 3.09. The number of fused-ring (bicyclic) bond motifs is 2. The van der Waals surface area contributed by atoms with Crippen LogP contribution in [-0.2, 0) is 34.0 Å². The molecule has 0 fully saturated rings. The van der Waals surface area contributed by atoms with E-state index in [0.717, 1.165) is 22.4 Å². The number of rotatable bonds is 5. The molecular formula is C20H18N2O6S. The van der Waals surface area contributed by atoms with Gasteiger partial charge >= 0.3 is 5.97 Å².